The van der Waals surface area contributed by atoms with Crippen LogP contribution in [0.1, 0.15) is 31.2 Å². The summed E-state index contributed by atoms with van der Waals surface area (Å²) in [5.74, 6) is -1.44. The van der Waals surface area contributed by atoms with Gasteiger partial charge in [-0.1, -0.05) is 30.3 Å². The molecule has 112 valence electrons. The van der Waals surface area contributed by atoms with Crippen molar-refractivity contribution in [3.8, 4) is 0 Å². The molecule has 0 aromatic heterocycles. The van der Waals surface area contributed by atoms with Crippen molar-refractivity contribution >= 4 is 0 Å². The van der Waals surface area contributed by atoms with E-state index in [4.69, 9.17) is 4.74 Å². The fraction of sp³-hybridized carbons (Fsp3) is 0.625. The molecule has 4 heteroatoms. The highest BCUT2D eigenvalue weighted by Gasteiger charge is 2.28. The standard InChI is InChI=1S/C16H25NO3/c18-16(19)8-11-17(12-9-16)10-4-5-13-20-14-15-6-2-1-3-7-15/h1-3,6-7,18-19H,4-5,8-14H2. The molecule has 1 fully saturated rings. The van der Waals surface area contributed by atoms with E-state index in [-0.39, 0.29) is 0 Å². The molecular formula is C16H25NO3. The Morgan fingerprint density at radius 3 is 2.45 bits per heavy atom. The number of hydrogen-bond acceptors (Lipinski definition) is 4. The molecule has 0 atom stereocenters. The molecule has 1 saturated heterocycles. The second-order valence-electron chi connectivity index (χ2n) is 5.57. The molecule has 2 rings (SSSR count). The summed E-state index contributed by atoms with van der Waals surface area (Å²) >= 11 is 0. The molecule has 1 aliphatic rings. The number of rotatable bonds is 7. The molecule has 0 spiro atoms. The van der Waals surface area contributed by atoms with E-state index >= 15 is 0 Å². The second-order valence-corrected chi connectivity index (χ2v) is 5.57. The monoisotopic (exact) mass is 279 g/mol. The van der Waals surface area contributed by atoms with E-state index in [2.05, 4.69) is 17.0 Å². The van der Waals surface area contributed by atoms with E-state index in [1.54, 1.807) is 0 Å². The lowest BCUT2D eigenvalue weighted by molar-refractivity contribution is -0.188. The summed E-state index contributed by atoms with van der Waals surface area (Å²) in [7, 11) is 0. The SMILES string of the molecule is OC1(O)CCN(CCCCOCc2ccccc2)CC1. The number of unbranched alkanes of at least 4 members (excludes halogenated alkanes) is 1. The maximum Gasteiger partial charge on any atom is 0.164 e. The Balaban J connectivity index is 1.48. The van der Waals surface area contributed by atoms with Crippen LogP contribution in [0.15, 0.2) is 30.3 Å². The number of hydrogen-bond donors (Lipinski definition) is 2. The zero-order valence-corrected chi connectivity index (χ0v) is 12.0. The first-order valence-corrected chi connectivity index (χ1v) is 7.44. The van der Waals surface area contributed by atoms with Gasteiger partial charge in [-0.2, -0.15) is 0 Å². The average Bonchev–Trinajstić information content (AvgIpc) is 2.45. The molecule has 0 saturated carbocycles. The molecular weight excluding hydrogens is 254 g/mol. The maximum absolute atomic E-state index is 9.45. The van der Waals surface area contributed by atoms with E-state index in [0.29, 0.717) is 19.4 Å². The molecule has 1 aromatic rings. The predicted octanol–water partition coefficient (Wildman–Crippen LogP) is 1.76. The molecule has 20 heavy (non-hydrogen) atoms. The van der Waals surface area contributed by atoms with Crippen molar-refractivity contribution < 1.29 is 14.9 Å². The number of likely N-dealkylation sites (tertiary alicyclic amines) is 1. The molecule has 4 nitrogen and oxygen atoms in total. The fourth-order valence-electron chi connectivity index (χ4n) is 2.44. The third-order valence-electron chi connectivity index (χ3n) is 3.78. The lowest BCUT2D eigenvalue weighted by atomic mass is 10.0. The lowest BCUT2D eigenvalue weighted by Gasteiger charge is -2.34. The summed E-state index contributed by atoms with van der Waals surface area (Å²) in [5.41, 5.74) is 1.21. The van der Waals surface area contributed by atoms with Gasteiger partial charge in [0.15, 0.2) is 5.79 Å². The third-order valence-corrected chi connectivity index (χ3v) is 3.78. The van der Waals surface area contributed by atoms with Gasteiger partial charge in [-0.05, 0) is 24.9 Å². The highest BCUT2D eigenvalue weighted by Crippen LogP contribution is 2.18. The Hall–Kier alpha value is -0.940. The van der Waals surface area contributed by atoms with Crippen molar-refractivity contribution in [3.05, 3.63) is 35.9 Å². The van der Waals surface area contributed by atoms with Gasteiger partial charge in [-0.3, -0.25) is 0 Å². The molecule has 2 N–H and O–H groups in total. The molecule has 0 amide bonds. The van der Waals surface area contributed by atoms with Gasteiger partial charge in [0.2, 0.25) is 0 Å². The van der Waals surface area contributed by atoms with E-state index in [9.17, 15) is 10.2 Å². The predicted molar refractivity (Wildman–Crippen MR) is 78.2 cm³/mol. The Kier molecular flexibility index (Phi) is 5.98. The highest BCUT2D eigenvalue weighted by molar-refractivity contribution is 5.13. The first kappa shape index (κ1) is 15.4. The summed E-state index contributed by atoms with van der Waals surface area (Å²) in [6.07, 6.45) is 3.06. The second kappa shape index (κ2) is 7.74. The Bertz CT molecular complexity index is 371. The van der Waals surface area contributed by atoms with Crippen LogP contribution in [-0.2, 0) is 11.3 Å². The molecule has 1 aliphatic heterocycles. The molecule has 0 aliphatic carbocycles. The minimum Gasteiger partial charge on any atom is -0.377 e. The van der Waals surface area contributed by atoms with E-state index < -0.39 is 5.79 Å². The Morgan fingerprint density at radius 1 is 1.05 bits per heavy atom. The van der Waals surface area contributed by atoms with Crippen LogP contribution in [0.5, 0.6) is 0 Å². The quantitative estimate of drug-likeness (QED) is 0.590. The van der Waals surface area contributed by atoms with Crippen molar-refractivity contribution in [1.82, 2.24) is 4.90 Å². The minimum absolute atomic E-state index is 0.456. The van der Waals surface area contributed by atoms with Gasteiger partial charge >= 0.3 is 0 Å². The summed E-state index contributed by atoms with van der Waals surface area (Å²) in [5, 5.41) is 18.9. The molecule has 0 radical (unpaired) electrons. The number of piperidine rings is 1. The number of aliphatic hydroxyl groups is 2. The van der Waals surface area contributed by atoms with E-state index in [0.717, 1.165) is 39.1 Å². The summed E-state index contributed by atoms with van der Waals surface area (Å²) in [4.78, 5) is 2.29. The molecule has 0 bridgehead atoms. The van der Waals surface area contributed by atoms with Crippen LogP contribution in [-0.4, -0.2) is 47.1 Å². The van der Waals surface area contributed by atoms with Gasteiger partial charge in [0.05, 0.1) is 6.61 Å². The smallest absolute Gasteiger partial charge is 0.164 e. The summed E-state index contributed by atoms with van der Waals surface area (Å²) in [6, 6.07) is 10.2. The summed E-state index contributed by atoms with van der Waals surface area (Å²) < 4.78 is 5.64. The highest BCUT2D eigenvalue weighted by atomic mass is 16.5. The number of ether oxygens (including phenoxy) is 1. The van der Waals surface area contributed by atoms with E-state index in [1.165, 1.54) is 5.56 Å². The average molecular weight is 279 g/mol. The van der Waals surface area contributed by atoms with Gasteiger partial charge in [-0.25, -0.2) is 0 Å². The zero-order valence-electron chi connectivity index (χ0n) is 12.0. The van der Waals surface area contributed by atoms with Crippen molar-refractivity contribution in [3.63, 3.8) is 0 Å². The first-order valence-electron chi connectivity index (χ1n) is 7.44. The maximum atomic E-state index is 9.45. The van der Waals surface area contributed by atoms with Crippen LogP contribution in [0.25, 0.3) is 0 Å². The van der Waals surface area contributed by atoms with Crippen LogP contribution in [0.4, 0.5) is 0 Å². The van der Waals surface area contributed by atoms with Gasteiger partial charge < -0.3 is 19.8 Å². The van der Waals surface area contributed by atoms with Gasteiger partial charge in [0, 0.05) is 32.5 Å². The number of nitrogens with zero attached hydrogens (tertiary/aromatic N) is 1. The van der Waals surface area contributed by atoms with Crippen LogP contribution < -0.4 is 0 Å². The van der Waals surface area contributed by atoms with E-state index in [1.807, 2.05) is 18.2 Å². The normalized spacial score (nSPS) is 19.1. The van der Waals surface area contributed by atoms with Crippen molar-refractivity contribution in [2.75, 3.05) is 26.2 Å². The van der Waals surface area contributed by atoms with Crippen molar-refractivity contribution in [1.29, 1.82) is 0 Å². The Labute approximate surface area is 121 Å². The van der Waals surface area contributed by atoms with Crippen molar-refractivity contribution in [2.45, 2.75) is 38.1 Å². The Morgan fingerprint density at radius 2 is 1.75 bits per heavy atom. The van der Waals surface area contributed by atoms with Crippen LogP contribution in [0, 0.1) is 0 Å². The molecule has 1 aromatic carbocycles. The lowest BCUT2D eigenvalue weighted by Crippen LogP contribution is -2.44. The zero-order chi connectivity index (χ0) is 14.3. The van der Waals surface area contributed by atoms with Crippen molar-refractivity contribution in [2.24, 2.45) is 0 Å². The number of benzene rings is 1. The fourth-order valence-corrected chi connectivity index (χ4v) is 2.44. The van der Waals surface area contributed by atoms with Gasteiger partial charge in [-0.15, -0.1) is 0 Å². The van der Waals surface area contributed by atoms with Gasteiger partial charge in [0.25, 0.3) is 0 Å². The van der Waals surface area contributed by atoms with Gasteiger partial charge in [0.1, 0.15) is 0 Å². The largest absolute Gasteiger partial charge is 0.377 e. The van der Waals surface area contributed by atoms with Crippen LogP contribution >= 0.6 is 0 Å². The molecule has 1 heterocycles. The van der Waals surface area contributed by atoms with Crippen LogP contribution in [0.2, 0.25) is 0 Å². The third kappa shape index (κ3) is 5.59. The molecule has 0 unspecified atom stereocenters. The minimum atomic E-state index is -1.44. The summed E-state index contributed by atoms with van der Waals surface area (Å²) in [6.45, 7) is 4.04. The van der Waals surface area contributed by atoms with Crippen LogP contribution in [0.3, 0.4) is 0 Å². The first-order chi connectivity index (χ1) is 9.66. The topological polar surface area (TPSA) is 52.9 Å².